The Labute approximate surface area is 156 Å². The van der Waals surface area contributed by atoms with Gasteiger partial charge in [0.05, 0.1) is 0 Å². The van der Waals surface area contributed by atoms with Crippen molar-refractivity contribution < 1.29 is 0 Å². The van der Waals surface area contributed by atoms with E-state index in [2.05, 4.69) is 39.5 Å². The van der Waals surface area contributed by atoms with Gasteiger partial charge in [-0.15, -0.1) is 0 Å². The van der Waals surface area contributed by atoms with Crippen molar-refractivity contribution in [2.24, 2.45) is 0 Å². The van der Waals surface area contributed by atoms with Crippen molar-refractivity contribution in [1.82, 2.24) is 0 Å². The van der Waals surface area contributed by atoms with Crippen molar-refractivity contribution >= 4 is 30.0 Å². The normalized spacial score (nSPS) is 13.6. The zero-order valence-electron chi connectivity index (χ0n) is 16.1. The number of halogens is 1. The molecule has 2 heteroatoms. The fraction of sp³-hybridized carbons (Fsp3) is 0.810. The first-order valence-electron chi connectivity index (χ1n) is 10.1. The van der Waals surface area contributed by atoms with Gasteiger partial charge in [0, 0.05) is 0 Å². The summed E-state index contributed by atoms with van der Waals surface area (Å²) in [6.07, 6.45) is 18.9. The first-order chi connectivity index (χ1) is 11.1. The number of allylic oxidation sites excluding steroid dienone is 3. The number of hydrogen-bond acceptors (Lipinski definition) is 0. The second-order valence-electron chi connectivity index (χ2n) is 7.17. The summed E-state index contributed by atoms with van der Waals surface area (Å²) < 4.78 is 6.35. The quantitative estimate of drug-likeness (QED) is 0.0965. The van der Waals surface area contributed by atoms with Crippen LogP contribution in [-0.2, 0) is 0 Å². The molecule has 0 radical (unpaired) electrons. The van der Waals surface area contributed by atoms with E-state index in [0.717, 1.165) is 6.42 Å². The van der Waals surface area contributed by atoms with Crippen LogP contribution in [0.4, 0.5) is 0 Å². The average Bonchev–Trinajstić information content (AvgIpc) is 2.58. The zero-order chi connectivity index (χ0) is 17.4. The van der Waals surface area contributed by atoms with Crippen LogP contribution >= 0.6 is 11.6 Å². The summed E-state index contributed by atoms with van der Waals surface area (Å²) in [4.78, 5) is 0. The van der Waals surface area contributed by atoms with Crippen LogP contribution in [0, 0.1) is 0 Å². The third-order valence-corrected chi connectivity index (χ3v) is 20.7. The summed E-state index contributed by atoms with van der Waals surface area (Å²) in [6.45, 7) is 10.8. The monoisotopic (exact) mass is 448 g/mol. The van der Waals surface area contributed by atoms with E-state index >= 15 is 0 Å². The molecule has 0 amide bonds. The Morgan fingerprint density at radius 3 is 1.83 bits per heavy atom. The van der Waals surface area contributed by atoms with Crippen LogP contribution in [0.1, 0.15) is 78.6 Å². The minimum atomic E-state index is -1.92. The van der Waals surface area contributed by atoms with E-state index in [1.165, 1.54) is 55.8 Å². The Hall–Kier alpha value is 0.569. The molecule has 0 spiro atoms. The molecular weight excluding hydrogens is 406 g/mol. The summed E-state index contributed by atoms with van der Waals surface area (Å²) in [5.74, 6) is 0. The molecule has 0 fully saturated rings. The van der Waals surface area contributed by atoms with Crippen LogP contribution in [0.3, 0.4) is 0 Å². The summed E-state index contributed by atoms with van der Waals surface area (Å²) in [5.41, 5.74) is 0. The van der Waals surface area contributed by atoms with Crippen LogP contribution in [0.5, 0.6) is 0 Å². The molecule has 1 unspecified atom stereocenters. The van der Waals surface area contributed by atoms with E-state index in [1.54, 1.807) is 13.3 Å². The van der Waals surface area contributed by atoms with E-state index in [4.69, 9.17) is 11.6 Å². The molecule has 0 aliphatic rings. The number of unbranched alkanes of at least 4 members (excludes halogenated alkanes) is 4. The van der Waals surface area contributed by atoms with Gasteiger partial charge in [0.15, 0.2) is 0 Å². The predicted molar refractivity (Wildman–Crippen MR) is 113 cm³/mol. The number of alkyl halides is 1. The van der Waals surface area contributed by atoms with Crippen LogP contribution in [0.25, 0.3) is 0 Å². The number of rotatable bonds is 16. The Bertz CT molecular complexity index is 276. The van der Waals surface area contributed by atoms with E-state index in [1.807, 2.05) is 6.08 Å². The van der Waals surface area contributed by atoms with Gasteiger partial charge in [0.2, 0.25) is 0 Å². The minimum absolute atomic E-state index is 0.153. The summed E-state index contributed by atoms with van der Waals surface area (Å²) in [5, 5.41) is 0.153. The molecule has 0 aromatic rings. The Kier molecular flexibility index (Phi) is 16.5. The third-order valence-electron chi connectivity index (χ3n) is 5.01. The molecule has 23 heavy (non-hydrogen) atoms. The molecule has 0 aromatic heterocycles. The van der Waals surface area contributed by atoms with Crippen molar-refractivity contribution in [3.05, 3.63) is 24.8 Å². The Balaban J connectivity index is 4.47. The summed E-state index contributed by atoms with van der Waals surface area (Å²) >= 11 is 4.17. The molecular formula is C21H41ClSn. The molecule has 0 aliphatic heterocycles. The molecule has 0 nitrogen and oxygen atoms in total. The first kappa shape index (κ1) is 23.6. The van der Waals surface area contributed by atoms with Crippen LogP contribution in [0.2, 0.25) is 17.7 Å². The molecule has 0 saturated heterocycles. The second kappa shape index (κ2) is 16.1. The van der Waals surface area contributed by atoms with Gasteiger partial charge in [-0.3, -0.25) is 0 Å². The molecule has 0 saturated carbocycles. The van der Waals surface area contributed by atoms with Crippen molar-refractivity contribution in [2.75, 3.05) is 0 Å². The summed E-state index contributed by atoms with van der Waals surface area (Å²) in [6, 6.07) is 0. The maximum atomic E-state index is 6.09. The average molecular weight is 448 g/mol. The van der Waals surface area contributed by atoms with Gasteiger partial charge in [0.1, 0.15) is 0 Å². The van der Waals surface area contributed by atoms with E-state index in [-0.39, 0.29) is 5.38 Å². The van der Waals surface area contributed by atoms with Crippen molar-refractivity contribution in [1.29, 1.82) is 0 Å². The molecule has 0 N–H and O–H groups in total. The molecule has 0 aromatic carbocycles. The van der Waals surface area contributed by atoms with Crippen molar-refractivity contribution in [3.8, 4) is 0 Å². The van der Waals surface area contributed by atoms with Crippen LogP contribution < -0.4 is 0 Å². The predicted octanol–water partition coefficient (Wildman–Crippen LogP) is 8.36. The molecule has 0 aliphatic carbocycles. The van der Waals surface area contributed by atoms with Crippen LogP contribution in [-0.4, -0.2) is 23.8 Å². The molecule has 1 atom stereocenters. The van der Waals surface area contributed by atoms with Crippen LogP contribution in [0.15, 0.2) is 24.8 Å². The molecule has 136 valence electrons. The third kappa shape index (κ3) is 12.6. The van der Waals surface area contributed by atoms with E-state index < -0.39 is 18.4 Å². The molecule has 0 rings (SSSR count). The second-order valence-corrected chi connectivity index (χ2v) is 21.7. The van der Waals surface area contributed by atoms with Gasteiger partial charge < -0.3 is 0 Å². The van der Waals surface area contributed by atoms with Crippen molar-refractivity contribution in [3.63, 3.8) is 0 Å². The fourth-order valence-electron chi connectivity index (χ4n) is 3.34. The molecule has 0 heterocycles. The first-order valence-corrected chi connectivity index (χ1v) is 18.6. The Morgan fingerprint density at radius 2 is 1.39 bits per heavy atom. The van der Waals surface area contributed by atoms with Crippen molar-refractivity contribution in [2.45, 2.75) is 102 Å². The van der Waals surface area contributed by atoms with Gasteiger partial charge in [-0.1, -0.05) is 0 Å². The van der Waals surface area contributed by atoms with E-state index in [0.29, 0.717) is 0 Å². The topological polar surface area (TPSA) is 0 Å². The number of hydrogen-bond donors (Lipinski definition) is 0. The SMILES string of the molecule is C=CC(Cl)CCC/C=C/[CH2][Sn]([CH2]CCC)([CH2]CCC)[CH2]CCC. The fourth-order valence-corrected chi connectivity index (χ4v) is 18.7. The zero-order valence-corrected chi connectivity index (χ0v) is 19.7. The standard InChI is InChI=1S/C9H14Cl.3C4H9.Sn/c1-3-5-6-7-8-9(10)4-2;3*1-3-4-2;/h3-5,9H,1-2,6-8H2;3*1,3-4H2,2H3;/b5-3+;;;;. The van der Waals surface area contributed by atoms with Gasteiger partial charge in [0.25, 0.3) is 0 Å². The summed E-state index contributed by atoms with van der Waals surface area (Å²) in [7, 11) is 0. The van der Waals surface area contributed by atoms with Gasteiger partial charge in [-0.2, -0.15) is 0 Å². The van der Waals surface area contributed by atoms with Gasteiger partial charge in [-0.25, -0.2) is 0 Å². The van der Waals surface area contributed by atoms with Gasteiger partial charge in [-0.05, 0) is 0 Å². The molecule has 0 bridgehead atoms. The van der Waals surface area contributed by atoms with E-state index in [9.17, 15) is 0 Å². The maximum absolute atomic E-state index is 6.09. The Morgan fingerprint density at radius 1 is 0.870 bits per heavy atom. The van der Waals surface area contributed by atoms with Gasteiger partial charge >= 0.3 is 156 Å².